The van der Waals surface area contributed by atoms with E-state index in [0.717, 1.165) is 11.3 Å². The lowest BCUT2D eigenvalue weighted by molar-refractivity contribution is -0.151. The monoisotopic (exact) mass is 239 g/mol. The topological polar surface area (TPSA) is 81.8 Å². The molecule has 1 aromatic rings. The van der Waals surface area contributed by atoms with Crippen molar-refractivity contribution in [2.24, 2.45) is 5.73 Å². The molecule has 0 saturated carbocycles. The first-order valence-electron chi connectivity index (χ1n) is 5.23. The Morgan fingerprint density at radius 2 is 1.94 bits per heavy atom. The van der Waals surface area contributed by atoms with Gasteiger partial charge in [0.25, 0.3) is 0 Å². The number of nitrogens with two attached hydrogens (primary N) is 1. The van der Waals surface area contributed by atoms with Gasteiger partial charge < -0.3 is 20.3 Å². The van der Waals surface area contributed by atoms with Crippen molar-refractivity contribution in [1.29, 1.82) is 0 Å². The van der Waals surface area contributed by atoms with E-state index in [9.17, 15) is 9.90 Å². The third-order valence-corrected chi connectivity index (χ3v) is 2.48. The number of rotatable bonds is 5. The molecule has 0 aromatic heterocycles. The highest BCUT2D eigenvalue weighted by molar-refractivity contribution is 5.75. The summed E-state index contributed by atoms with van der Waals surface area (Å²) in [4.78, 5) is 11.1. The summed E-state index contributed by atoms with van der Waals surface area (Å²) in [5, 5.41) is 9.52. The fraction of sp³-hybridized carbons (Fsp3) is 0.417. The maximum Gasteiger partial charge on any atom is 0.336 e. The zero-order valence-electron chi connectivity index (χ0n) is 9.92. The Bertz CT molecular complexity index is 363. The summed E-state index contributed by atoms with van der Waals surface area (Å²) in [5.41, 5.74) is 6.63. The van der Waals surface area contributed by atoms with Crippen LogP contribution in [0, 0.1) is 0 Å². The second kappa shape index (κ2) is 6.22. The second-order valence-corrected chi connectivity index (χ2v) is 3.68. The Morgan fingerprint density at radius 1 is 1.35 bits per heavy atom. The van der Waals surface area contributed by atoms with Gasteiger partial charge in [0, 0.05) is 6.04 Å². The average molecular weight is 239 g/mol. The summed E-state index contributed by atoms with van der Waals surface area (Å²) in [6.45, 7) is 0. The van der Waals surface area contributed by atoms with Crippen LogP contribution in [0.1, 0.15) is 5.56 Å². The van der Waals surface area contributed by atoms with E-state index in [-0.39, 0.29) is 0 Å². The molecule has 1 rings (SSSR count). The minimum Gasteiger partial charge on any atom is -0.497 e. The Balaban J connectivity index is 2.60. The number of esters is 1. The Hall–Kier alpha value is -1.59. The largest absolute Gasteiger partial charge is 0.497 e. The molecule has 0 bridgehead atoms. The van der Waals surface area contributed by atoms with E-state index in [2.05, 4.69) is 4.74 Å². The molecule has 0 heterocycles. The van der Waals surface area contributed by atoms with Gasteiger partial charge in [0.1, 0.15) is 5.75 Å². The minimum absolute atomic E-state index is 0.389. The van der Waals surface area contributed by atoms with Gasteiger partial charge in [-0.05, 0) is 24.1 Å². The second-order valence-electron chi connectivity index (χ2n) is 3.68. The van der Waals surface area contributed by atoms with Gasteiger partial charge in [-0.15, -0.1) is 0 Å². The number of benzene rings is 1. The van der Waals surface area contributed by atoms with E-state index in [1.165, 1.54) is 7.11 Å². The van der Waals surface area contributed by atoms with Gasteiger partial charge >= 0.3 is 5.97 Å². The molecule has 0 aliphatic carbocycles. The lowest BCUT2D eigenvalue weighted by Crippen LogP contribution is -2.42. The maximum absolute atomic E-state index is 11.1. The van der Waals surface area contributed by atoms with E-state index < -0.39 is 18.1 Å². The van der Waals surface area contributed by atoms with Gasteiger partial charge in [-0.2, -0.15) is 0 Å². The number of carbonyl (C=O) groups excluding carboxylic acids is 1. The normalized spacial score (nSPS) is 13.9. The van der Waals surface area contributed by atoms with Crippen LogP contribution in [0.15, 0.2) is 24.3 Å². The van der Waals surface area contributed by atoms with Gasteiger partial charge in [0.05, 0.1) is 14.2 Å². The predicted molar refractivity (Wildman–Crippen MR) is 62.7 cm³/mol. The lowest BCUT2D eigenvalue weighted by atomic mass is 10.0. The van der Waals surface area contributed by atoms with E-state index in [4.69, 9.17) is 10.5 Å². The molecule has 0 aliphatic rings. The number of carbonyl (C=O) groups is 1. The molecule has 0 fully saturated rings. The average Bonchev–Trinajstić information content (AvgIpc) is 2.37. The van der Waals surface area contributed by atoms with Gasteiger partial charge in [0.15, 0.2) is 6.10 Å². The standard InChI is InChI=1S/C12H17NO4/c1-16-9-5-3-8(4-6-9)7-10(13)11(14)12(15)17-2/h3-6,10-11,14H,7,13H2,1-2H3. The van der Waals surface area contributed by atoms with Crippen molar-refractivity contribution in [2.75, 3.05) is 14.2 Å². The molecule has 5 nitrogen and oxygen atoms in total. The third-order valence-electron chi connectivity index (χ3n) is 2.48. The molecule has 5 heteroatoms. The summed E-state index contributed by atoms with van der Waals surface area (Å²) in [5.74, 6) is 0.0295. The smallest absolute Gasteiger partial charge is 0.336 e. The van der Waals surface area contributed by atoms with Gasteiger partial charge in [0.2, 0.25) is 0 Å². The summed E-state index contributed by atoms with van der Waals surface area (Å²) in [6, 6.07) is 6.58. The van der Waals surface area contributed by atoms with Crippen LogP contribution in [0.3, 0.4) is 0 Å². The molecule has 2 atom stereocenters. The quantitative estimate of drug-likeness (QED) is 0.712. The molecule has 3 N–H and O–H groups in total. The first-order chi connectivity index (χ1) is 8.08. The minimum atomic E-state index is -1.30. The van der Waals surface area contributed by atoms with Crippen molar-refractivity contribution < 1.29 is 19.4 Å². The highest BCUT2D eigenvalue weighted by Crippen LogP contribution is 2.13. The Morgan fingerprint density at radius 3 is 2.41 bits per heavy atom. The van der Waals surface area contributed by atoms with Crippen LogP contribution in [0.25, 0.3) is 0 Å². The van der Waals surface area contributed by atoms with E-state index in [0.29, 0.717) is 6.42 Å². The molecule has 0 aliphatic heterocycles. The molecule has 17 heavy (non-hydrogen) atoms. The van der Waals surface area contributed by atoms with Crippen LogP contribution in [-0.2, 0) is 16.0 Å². The SMILES string of the molecule is COC(=O)C(O)C(N)Cc1ccc(OC)cc1. The summed E-state index contributed by atoms with van der Waals surface area (Å²) in [7, 11) is 2.80. The molecule has 94 valence electrons. The summed E-state index contributed by atoms with van der Waals surface area (Å²) in [6.07, 6.45) is -0.914. The van der Waals surface area contributed by atoms with E-state index in [1.54, 1.807) is 19.2 Å². The van der Waals surface area contributed by atoms with Crippen LogP contribution in [0.4, 0.5) is 0 Å². The molecule has 0 amide bonds. The first-order valence-corrected chi connectivity index (χ1v) is 5.23. The van der Waals surface area contributed by atoms with Crippen molar-refractivity contribution in [1.82, 2.24) is 0 Å². The van der Waals surface area contributed by atoms with Gasteiger partial charge in [-0.3, -0.25) is 0 Å². The number of aliphatic hydroxyl groups excluding tert-OH is 1. The van der Waals surface area contributed by atoms with Gasteiger partial charge in [-0.25, -0.2) is 4.79 Å². The maximum atomic E-state index is 11.1. The molecule has 0 radical (unpaired) electrons. The number of hydrogen-bond acceptors (Lipinski definition) is 5. The van der Waals surface area contributed by atoms with Gasteiger partial charge in [-0.1, -0.05) is 12.1 Å². The zero-order valence-corrected chi connectivity index (χ0v) is 9.92. The lowest BCUT2D eigenvalue weighted by Gasteiger charge is -2.16. The van der Waals surface area contributed by atoms with Crippen LogP contribution >= 0.6 is 0 Å². The highest BCUT2D eigenvalue weighted by atomic mass is 16.5. The van der Waals surface area contributed by atoms with Crippen LogP contribution in [0.5, 0.6) is 5.75 Å². The number of methoxy groups -OCH3 is 2. The number of hydrogen-bond donors (Lipinski definition) is 2. The zero-order chi connectivity index (χ0) is 12.8. The van der Waals surface area contributed by atoms with Crippen LogP contribution in [-0.4, -0.2) is 37.4 Å². The highest BCUT2D eigenvalue weighted by Gasteiger charge is 2.23. The summed E-state index contributed by atoms with van der Waals surface area (Å²) >= 11 is 0. The van der Waals surface area contributed by atoms with Crippen molar-refractivity contribution in [3.05, 3.63) is 29.8 Å². The fourth-order valence-electron chi connectivity index (χ4n) is 1.44. The number of aliphatic hydroxyl groups is 1. The third kappa shape index (κ3) is 3.72. The molecule has 0 spiro atoms. The van der Waals surface area contributed by atoms with Crippen molar-refractivity contribution in [2.45, 2.75) is 18.6 Å². The summed E-state index contributed by atoms with van der Waals surface area (Å²) < 4.78 is 9.44. The molecule has 0 saturated heterocycles. The van der Waals surface area contributed by atoms with E-state index in [1.807, 2.05) is 12.1 Å². The molecule has 2 unspecified atom stereocenters. The molecular weight excluding hydrogens is 222 g/mol. The van der Waals surface area contributed by atoms with Crippen molar-refractivity contribution >= 4 is 5.97 Å². The predicted octanol–water partition coefficient (Wildman–Crippen LogP) is 0.0989. The first kappa shape index (κ1) is 13.5. The molecule has 1 aromatic carbocycles. The molecular formula is C12H17NO4. The van der Waals surface area contributed by atoms with Crippen LogP contribution < -0.4 is 10.5 Å². The Kier molecular flexibility index (Phi) is 4.93. The van der Waals surface area contributed by atoms with E-state index >= 15 is 0 Å². The Labute approximate surface area is 100 Å². The number of ether oxygens (including phenoxy) is 2. The van der Waals surface area contributed by atoms with Crippen LogP contribution in [0.2, 0.25) is 0 Å². The fourth-order valence-corrected chi connectivity index (χ4v) is 1.44. The van der Waals surface area contributed by atoms with Crippen molar-refractivity contribution in [3.63, 3.8) is 0 Å². The van der Waals surface area contributed by atoms with Crippen molar-refractivity contribution in [3.8, 4) is 5.75 Å².